The zero-order valence-corrected chi connectivity index (χ0v) is 10.4. The van der Waals surface area contributed by atoms with Crippen LogP contribution in [0.15, 0.2) is 0 Å². The van der Waals surface area contributed by atoms with E-state index in [-0.39, 0.29) is 23.0 Å². The summed E-state index contributed by atoms with van der Waals surface area (Å²) in [4.78, 5) is 0. The van der Waals surface area contributed by atoms with Crippen LogP contribution in [0.2, 0.25) is 0 Å². The lowest BCUT2D eigenvalue weighted by atomic mass is 9.59. The van der Waals surface area contributed by atoms with Crippen LogP contribution in [0.25, 0.3) is 0 Å². The zero-order chi connectivity index (χ0) is 11.3. The van der Waals surface area contributed by atoms with Gasteiger partial charge in [-0.2, -0.15) is 0 Å². The van der Waals surface area contributed by atoms with Crippen LogP contribution < -0.4 is 0 Å². The fraction of sp³-hybridized carbons (Fsp3) is 1.00. The molecule has 1 aliphatic heterocycles. The predicted octanol–water partition coefficient (Wildman–Crippen LogP) is 2.74. The number of aliphatic hydroxyl groups is 1. The summed E-state index contributed by atoms with van der Waals surface area (Å²) in [7, 11) is 0. The quantitative estimate of drug-likeness (QED) is 0.669. The van der Waals surface area contributed by atoms with Gasteiger partial charge in [-0.1, -0.05) is 20.8 Å². The summed E-state index contributed by atoms with van der Waals surface area (Å²) in [6, 6.07) is 0. The maximum atomic E-state index is 10.0. The van der Waals surface area contributed by atoms with Crippen LogP contribution in [0.1, 0.15) is 53.4 Å². The fourth-order valence-corrected chi connectivity index (χ4v) is 3.62. The highest BCUT2D eigenvalue weighted by molar-refractivity contribution is 5.07. The van der Waals surface area contributed by atoms with Crippen molar-refractivity contribution in [3.63, 3.8) is 0 Å². The largest absolute Gasteiger partial charge is 0.393 e. The highest BCUT2D eigenvalue weighted by Crippen LogP contribution is 2.55. The number of hydrogen-bond donors (Lipinski definition) is 1. The molecule has 4 atom stereocenters. The first-order valence-corrected chi connectivity index (χ1v) is 6.25. The molecule has 2 heteroatoms. The Hall–Kier alpha value is -0.0800. The van der Waals surface area contributed by atoms with Gasteiger partial charge in [-0.25, -0.2) is 0 Å². The van der Waals surface area contributed by atoms with E-state index >= 15 is 0 Å². The van der Waals surface area contributed by atoms with Crippen molar-refractivity contribution < 1.29 is 9.84 Å². The Balaban J connectivity index is 2.31. The molecule has 0 unspecified atom stereocenters. The molecule has 15 heavy (non-hydrogen) atoms. The monoisotopic (exact) mass is 212 g/mol. The number of rotatable bonds is 0. The summed E-state index contributed by atoms with van der Waals surface area (Å²) >= 11 is 0. The first-order chi connectivity index (χ1) is 6.89. The van der Waals surface area contributed by atoms with Crippen LogP contribution in [0, 0.1) is 11.3 Å². The van der Waals surface area contributed by atoms with E-state index in [1.807, 2.05) is 0 Å². The van der Waals surface area contributed by atoms with Crippen molar-refractivity contribution in [3.8, 4) is 0 Å². The number of ether oxygens (including phenoxy) is 1. The SMILES string of the molecule is C[C@@H]1[C@@H](O)CCC(C)(C)[C@@]12CC[C@H](C)O2. The van der Waals surface area contributed by atoms with E-state index < -0.39 is 0 Å². The topological polar surface area (TPSA) is 29.5 Å². The number of aliphatic hydroxyl groups excluding tert-OH is 1. The molecule has 0 bridgehead atoms. The van der Waals surface area contributed by atoms with Crippen LogP contribution in [0.4, 0.5) is 0 Å². The van der Waals surface area contributed by atoms with Gasteiger partial charge >= 0.3 is 0 Å². The second-order valence-electron chi connectivity index (χ2n) is 6.14. The maximum Gasteiger partial charge on any atom is 0.0787 e. The minimum Gasteiger partial charge on any atom is -0.393 e. The summed E-state index contributed by atoms with van der Waals surface area (Å²) in [6.45, 7) is 8.91. The Morgan fingerprint density at radius 1 is 1.13 bits per heavy atom. The number of hydrogen-bond acceptors (Lipinski definition) is 2. The molecule has 1 aliphatic carbocycles. The molecular formula is C13H24O2. The highest BCUT2D eigenvalue weighted by atomic mass is 16.5. The fourth-order valence-electron chi connectivity index (χ4n) is 3.62. The molecular weight excluding hydrogens is 188 g/mol. The smallest absolute Gasteiger partial charge is 0.0787 e. The Bertz CT molecular complexity index is 249. The van der Waals surface area contributed by atoms with Crippen LogP contribution in [-0.4, -0.2) is 22.9 Å². The van der Waals surface area contributed by atoms with Crippen LogP contribution in [-0.2, 0) is 4.74 Å². The van der Waals surface area contributed by atoms with Gasteiger partial charge in [0.05, 0.1) is 17.8 Å². The molecule has 2 nitrogen and oxygen atoms in total. The van der Waals surface area contributed by atoms with E-state index in [0.717, 1.165) is 25.7 Å². The van der Waals surface area contributed by atoms with E-state index in [1.54, 1.807) is 0 Å². The van der Waals surface area contributed by atoms with Crippen LogP contribution >= 0.6 is 0 Å². The molecule has 2 aliphatic rings. The van der Waals surface area contributed by atoms with Gasteiger partial charge in [-0.15, -0.1) is 0 Å². The van der Waals surface area contributed by atoms with Gasteiger partial charge in [0.2, 0.25) is 0 Å². The van der Waals surface area contributed by atoms with Gasteiger partial charge in [0.1, 0.15) is 0 Å². The van der Waals surface area contributed by atoms with E-state index in [4.69, 9.17) is 4.74 Å². The van der Waals surface area contributed by atoms with E-state index in [9.17, 15) is 5.11 Å². The van der Waals surface area contributed by atoms with E-state index in [0.29, 0.717) is 6.10 Å². The molecule has 0 aromatic rings. The van der Waals surface area contributed by atoms with Gasteiger partial charge < -0.3 is 9.84 Å². The van der Waals surface area contributed by atoms with E-state index in [1.165, 1.54) is 0 Å². The average Bonchev–Trinajstić information content (AvgIpc) is 2.55. The van der Waals surface area contributed by atoms with E-state index in [2.05, 4.69) is 27.7 Å². The molecule has 2 rings (SSSR count). The Morgan fingerprint density at radius 3 is 2.33 bits per heavy atom. The molecule has 2 fully saturated rings. The lowest BCUT2D eigenvalue weighted by molar-refractivity contribution is -0.192. The maximum absolute atomic E-state index is 10.0. The highest BCUT2D eigenvalue weighted by Gasteiger charge is 2.57. The van der Waals surface area contributed by atoms with Crippen LogP contribution in [0.3, 0.4) is 0 Å². The average molecular weight is 212 g/mol. The standard InChI is InChI=1S/C13H24O2/c1-9-5-8-13(15-9)10(2)11(14)6-7-12(13,3)4/h9-11,14H,5-8H2,1-4H3/t9-,10+,11-,13+/m0/s1. The lowest BCUT2D eigenvalue weighted by Gasteiger charge is -2.53. The molecule has 0 amide bonds. The molecule has 1 spiro atoms. The van der Waals surface area contributed by atoms with Crippen molar-refractivity contribution in [1.82, 2.24) is 0 Å². The van der Waals surface area contributed by atoms with Crippen molar-refractivity contribution in [2.75, 3.05) is 0 Å². The zero-order valence-electron chi connectivity index (χ0n) is 10.4. The molecule has 1 heterocycles. The van der Waals surface area contributed by atoms with Crippen molar-refractivity contribution in [3.05, 3.63) is 0 Å². The summed E-state index contributed by atoms with van der Waals surface area (Å²) in [5, 5.41) is 10.0. The van der Waals surface area contributed by atoms with Gasteiger partial charge in [-0.05, 0) is 38.0 Å². The summed E-state index contributed by atoms with van der Waals surface area (Å²) < 4.78 is 6.23. The van der Waals surface area contributed by atoms with Gasteiger partial charge in [0.15, 0.2) is 0 Å². The Morgan fingerprint density at radius 2 is 1.80 bits per heavy atom. The second-order valence-corrected chi connectivity index (χ2v) is 6.14. The Kier molecular flexibility index (Phi) is 2.63. The molecule has 1 N–H and O–H groups in total. The normalized spacial score (nSPS) is 49.8. The van der Waals surface area contributed by atoms with Crippen molar-refractivity contribution in [2.24, 2.45) is 11.3 Å². The molecule has 0 radical (unpaired) electrons. The molecule has 1 saturated heterocycles. The van der Waals surface area contributed by atoms with Gasteiger partial charge in [-0.3, -0.25) is 0 Å². The Labute approximate surface area is 93.0 Å². The van der Waals surface area contributed by atoms with Crippen molar-refractivity contribution in [2.45, 2.75) is 71.2 Å². The molecule has 1 saturated carbocycles. The summed E-state index contributed by atoms with van der Waals surface area (Å²) in [6.07, 6.45) is 4.43. The van der Waals surface area contributed by atoms with Gasteiger partial charge in [0.25, 0.3) is 0 Å². The molecule has 0 aromatic heterocycles. The second kappa shape index (κ2) is 3.46. The third-order valence-corrected chi connectivity index (χ3v) is 4.86. The van der Waals surface area contributed by atoms with Crippen molar-refractivity contribution >= 4 is 0 Å². The molecule has 88 valence electrons. The first-order valence-electron chi connectivity index (χ1n) is 6.25. The third-order valence-electron chi connectivity index (χ3n) is 4.86. The van der Waals surface area contributed by atoms with Crippen molar-refractivity contribution in [1.29, 1.82) is 0 Å². The minimum absolute atomic E-state index is 0.0793. The first kappa shape index (κ1) is 11.4. The van der Waals surface area contributed by atoms with Gasteiger partial charge in [0, 0.05) is 5.92 Å². The predicted molar refractivity (Wildman–Crippen MR) is 60.7 cm³/mol. The summed E-state index contributed by atoms with van der Waals surface area (Å²) in [5.41, 5.74) is 0.125. The van der Waals surface area contributed by atoms with Crippen LogP contribution in [0.5, 0.6) is 0 Å². The minimum atomic E-state index is -0.177. The molecule has 0 aromatic carbocycles. The lowest BCUT2D eigenvalue weighted by Crippen LogP contribution is -2.56. The third kappa shape index (κ3) is 1.53. The summed E-state index contributed by atoms with van der Waals surface area (Å²) in [5.74, 6) is 0.270.